The molecule has 18 heavy (non-hydrogen) atoms. The average molecular weight is 263 g/mol. The molecule has 2 rings (SSSR count). The van der Waals surface area contributed by atoms with E-state index < -0.39 is 0 Å². The van der Waals surface area contributed by atoms with Crippen LogP contribution in [0.15, 0.2) is 41.3 Å². The van der Waals surface area contributed by atoms with Gasteiger partial charge in [-0.2, -0.15) is 4.57 Å². The highest BCUT2D eigenvalue weighted by molar-refractivity contribution is 7.13. The Hall–Kier alpha value is -2.28. The lowest BCUT2D eigenvalue weighted by molar-refractivity contribution is -0.684. The molecule has 0 aromatic carbocycles. The lowest BCUT2D eigenvalue weighted by atomic mass is 10.3. The number of nitrogens with one attached hydrogen (secondary N) is 1. The molecule has 0 atom stereocenters. The minimum absolute atomic E-state index is 0.159. The zero-order valence-corrected chi connectivity index (χ0v) is 10.2. The third-order valence-electron chi connectivity index (χ3n) is 2.09. The molecule has 2 N–H and O–H groups in total. The fourth-order valence-corrected chi connectivity index (χ4v) is 1.94. The summed E-state index contributed by atoms with van der Waals surface area (Å²) in [5, 5.41) is 16.4. The fraction of sp³-hybridized carbons (Fsp3) is 0.0909. The van der Waals surface area contributed by atoms with E-state index in [1.165, 1.54) is 17.6 Å². The average Bonchev–Trinajstić information content (AvgIpc) is 2.82. The quantitative estimate of drug-likeness (QED) is 0.372. The molecule has 0 radical (unpaired) electrons. The molecule has 0 saturated heterocycles. The molecular formula is C11H11N4O2S+. The van der Waals surface area contributed by atoms with Gasteiger partial charge in [0.1, 0.15) is 0 Å². The molecule has 0 saturated carbocycles. The zero-order valence-electron chi connectivity index (χ0n) is 9.35. The molecule has 1 amide bonds. The molecule has 0 spiro atoms. The van der Waals surface area contributed by atoms with Gasteiger partial charge in [0.15, 0.2) is 17.5 Å². The van der Waals surface area contributed by atoms with Crippen LogP contribution < -0.4 is 9.88 Å². The molecule has 0 aliphatic rings. The van der Waals surface area contributed by atoms with Crippen LogP contribution in [0.5, 0.6) is 0 Å². The van der Waals surface area contributed by atoms with Crippen molar-refractivity contribution < 1.29 is 14.6 Å². The van der Waals surface area contributed by atoms with Gasteiger partial charge in [0, 0.05) is 17.6 Å². The number of oxime groups is 1. The van der Waals surface area contributed by atoms with E-state index in [4.69, 9.17) is 5.21 Å². The van der Waals surface area contributed by atoms with Crippen LogP contribution in [0.2, 0.25) is 0 Å². The van der Waals surface area contributed by atoms with E-state index in [1.807, 2.05) is 0 Å². The standard InChI is InChI=1S/C11H10N4O2S/c16-10(14-11-12-3-5-18-11)8-15-4-1-2-9(7-15)6-13-17/h1-7H,8H2,(H-,12,14,16,17)/p+1/b13-6+. The van der Waals surface area contributed by atoms with Gasteiger partial charge in [0.05, 0.1) is 11.8 Å². The van der Waals surface area contributed by atoms with Crippen molar-refractivity contribution in [1.29, 1.82) is 0 Å². The zero-order chi connectivity index (χ0) is 12.8. The highest BCUT2D eigenvalue weighted by atomic mass is 32.1. The maximum Gasteiger partial charge on any atom is 0.292 e. The van der Waals surface area contributed by atoms with Gasteiger partial charge in [0.2, 0.25) is 6.54 Å². The molecular weight excluding hydrogens is 252 g/mol. The fourth-order valence-electron chi connectivity index (χ4n) is 1.39. The number of hydrogen-bond acceptors (Lipinski definition) is 5. The predicted molar refractivity (Wildman–Crippen MR) is 66.8 cm³/mol. The van der Waals surface area contributed by atoms with Crippen molar-refractivity contribution in [2.75, 3.05) is 5.32 Å². The summed E-state index contributed by atoms with van der Waals surface area (Å²) in [5.41, 5.74) is 0.710. The number of thiazole rings is 1. The normalized spacial score (nSPS) is 10.7. The summed E-state index contributed by atoms with van der Waals surface area (Å²) in [5.74, 6) is -0.159. The van der Waals surface area contributed by atoms with E-state index in [9.17, 15) is 4.79 Å². The van der Waals surface area contributed by atoms with Gasteiger partial charge in [-0.05, 0) is 6.07 Å². The van der Waals surface area contributed by atoms with Crippen LogP contribution in [0, 0.1) is 0 Å². The summed E-state index contributed by atoms with van der Waals surface area (Å²) in [4.78, 5) is 15.7. The number of carbonyl (C=O) groups excluding carboxylic acids is 1. The Labute approximate surface area is 107 Å². The monoisotopic (exact) mass is 263 g/mol. The summed E-state index contributed by atoms with van der Waals surface area (Å²) >= 11 is 1.37. The van der Waals surface area contributed by atoms with E-state index in [-0.39, 0.29) is 12.5 Å². The van der Waals surface area contributed by atoms with Crippen molar-refractivity contribution in [2.24, 2.45) is 5.16 Å². The first-order valence-corrected chi connectivity index (χ1v) is 6.02. The van der Waals surface area contributed by atoms with Gasteiger partial charge < -0.3 is 5.21 Å². The molecule has 0 aliphatic carbocycles. The second kappa shape index (κ2) is 5.87. The molecule has 0 fully saturated rings. The molecule has 7 heteroatoms. The van der Waals surface area contributed by atoms with Crippen LogP contribution in [0.4, 0.5) is 5.13 Å². The lowest BCUT2D eigenvalue weighted by Crippen LogP contribution is -2.40. The Morgan fingerprint density at radius 3 is 3.28 bits per heavy atom. The number of hydrogen-bond donors (Lipinski definition) is 2. The first-order valence-electron chi connectivity index (χ1n) is 5.14. The SMILES string of the molecule is O=C(C[n+]1cccc(/C=N/O)c1)Nc1nccs1. The summed E-state index contributed by atoms with van der Waals surface area (Å²) in [7, 11) is 0. The van der Waals surface area contributed by atoms with Crippen molar-refractivity contribution in [3.8, 4) is 0 Å². The second-order valence-electron chi connectivity index (χ2n) is 3.44. The number of nitrogens with zero attached hydrogens (tertiary/aromatic N) is 3. The highest BCUT2D eigenvalue weighted by Crippen LogP contribution is 2.09. The van der Waals surface area contributed by atoms with Crippen molar-refractivity contribution in [2.45, 2.75) is 6.54 Å². The summed E-state index contributed by atoms with van der Waals surface area (Å²) < 4.78 is 1.69. The molecule has 0 unspecified atom stereocenters. The van der Waals surface area contributed by atoms with Crippen LogP contribution in [0.3, 0.4) is 0 Å². The minimum atomic E-state index is -0.159. The Morgan fingerprint density at radius 2 is 2.56 bits per heavy atom. The Kier molecular flexibility index (Phi) is 3.98. The molecule has 2 heterocycles. The van der Waals surface area contributed by atoms with Gasteiger partial charge >= 0.3 is 0 Å². The first kappa shape index (κ1) is 12.2. The summed E-state index contributed by atoms with van der Waals surface area (Å²) in [6.07, 6.45) is 6.40. The van der Waals surface area contributed by atoms with Gasteiger partial charge in [-0.15, -0.1) is 11.3 Å². The smallest absolute Gasteiger partial charge is 0.292 e. The highest BCUT2D eigenvalue weighted by Gasteiger charge is 2.10. The number of carbonyl (C=O) groups is 1. The molecule has 0 bridgehead atoms. The van der Waals surface area contributed by atoms with Gasteiger partial charge in [-0.1, -0.05) is 5.16 Å². The Bertz CT molecular complexity index is 554. The third kappa shape index (κ3) is 3.36. The van der Waals surface area contributed by atoms with E-state index in [0.717, 1.165) is 0 Å². The van der Waals surface area contributed by atoms with Gasteiger partial charge in [-0.25, -0.2) is 4.98 Å². The van der Waals surface area contributed by atoms with Crippen molar-refractivity contribution in [3.05, 3.63) is 41.7 Å². The third-order valence-corrected chi connectivity index (χ3v) is 2.78. The Balaban J connectivity index is 2.00. The summed E-state index contributed by atoms with van der Waals surface area (Å²) in [6, 6.07) is 3.54. The second-order valence-corrected chi connectivity index (χ2v) is 4.33. The van der Waals surface area contributed by atoms with Crippen LogP contribution >= 0.6 is 11.3 Å². The number of anilines is 1. The first-order chi connectivity index (χ1) is 8.78. The van der Waals surface area contributed by atoms with E-state index in [0.29, 0.717) is 10.7 Å². The minimum Gasteiger partial charge on any atom is -0.411 e. The predicted octanol–water partition coefficient (Wildman–Crippen LogP) is 0.877. The van der Waals surface area contributed by atoms with Crippen LogP contribution in [0.1, 0.15) is 5.56 Å². The van der Waals surface area contributed by atoms with Gasteiger partial charge in [-0.3, -0.25) is 10.1 Å². The number of rotatable bonds is 4. The van der Waals surface area contributed by atoms with E-state index >= 15 is 0 Å². The number of amides is 1. The van der Waals surface area contributed by atoms with Crippen LogP contribution in [0.25, 0.3) is 0 Å². The molecule has 0 aliphatic heterocycles. The number of aromatic nitrogens is 2. The molecule has 2 aromatic heterocycles. The molecule has 92 valence electrons. The van der Waals surface area contributed by atoms with Gasteiger partial charge in [0.25, 0.3) is 5.91 Å². The van der Waals surface area contributed by atoms with Crippen molar-refractivity contribution in [1.82, 2.24) is 4.98 Å². The van der Waals surface area contributed by atoms with E-state index in [1.54, 1.807) is 40.7 Å². The largest absolute Gasteiger partial charge is 0.411 e. The molecule has 2 aromatic rings. The summed E-state index contributed by atoms with van der Waals surface area (Å²) in [6.45, 7) is 0.173. The van der Waals surface area contributed by atoms with E-state index in [2.05, 4.69) is 15.5 Å². The number of pyridine rings is 1. The molecule has 6 nitrogen and oxygen atoms in total. The van der Waals surface area contributed by atoms with Crippen LogP contribution in [-0.2, 0) is 11.3 Å². The maximum atomic E-state index is 11.7. The maximum absolute atomic E-state index is 11.7. The van der Waals surface area contributed by atoms with Crippen molar-refractivity contribution in [3.63, 3.8) is 0 Å². The van der Waals surface area contributed by atoms with Crippen LogP contribution in [-0.4, -0.2) is 22.3 Å². The Morgan fingerprint density at radius 1 is 1.67 bits per heavy atom. The van der Waals surface area contributed by atoms with Crippen molar-refractivity contribution >= 4 is 28.6 Å². The lowest BCUT2D eigenvalue weighted by Gasteiger charge is -1.98. The topological polar surface area (TPSA) is 78.5 Å².